The van der Waals surface area contributed by atoms with Gasteiger partial charge in [0.15, 0.2) is 0 Å². The molecule has 3 rings (SSSR count). The zero-order chi connectivity index (χ0) is 16.4. The number of carbonyl (C=O) groups excluding carboxylic acids is 1. The lowest BCUT2D eigenvalue weighted by Gasteiger charge is -2.18. The molecule has 0 aliphatic carbocycles. The van der Waals surface area contributed by atoms with E-state index in [1.54, 1.807) is 23.0 Å². The third kappa shape index (κ3) is 3.08. The Labute approximate surface area is 132 Å². The first-order valence-electron chi connectivity index (χ1n) is 7.26. The topological polar surface area (TPSA) is 75.4 Å². The summed E-state index contributed by atoms with van der Waals surface area (Å²) >= 11 is 0. The minimum absolute atomic E-state index is 0.108. The molecular formula is C16H16FN3O3. The van der Waals surface area contributed by atoms with Crippen LogP contribution in [0.5, 0.6) is 0 Å². The van der Waals surface area contributed by atoms with Gasteiger partial charge in [0.1, 0.15) is 0 Å². The highest BCUT2D eigenvalue weighted by atomic mass is 19.1. The number of aromatic nitrogens is 2. The number of likely N-dealkylation sites (tertiary alicyclic amines) is 1. The third-order valence-electron chi connectivity index (χ3n) is 3.99. The maximum atomic E-state index is 14.0. The summed E-state index contributed by atoms with van der Waals surface area (Å²) in [4.78, 5) is 24.5. The number of amides is 1. The van der Waals surface area contributed by atoms with Crippen molar-refractivity contribution in [3.63, 3.8) is 0 Å². The summed E-state index contributed by atoms with van der Waals surface area (Å²) in [6.07, 6.45) is 3.36. The Hall–Kier alpha value is -2.70. The van der Waals surface area contributed by atoms with E-state index in [2.05, 4.69) is 5.10 Å². The number of carbonyl (C=O) groups is 2. The lowest BCUT2D eigenvalue weighted by Crippen LogP contribution is -2.38. The summed E-state index contributed by atoms with van der Waals surface area (Å²) in [7, 11) is 0. The Balaban J connectivity index is 1.68. The first-order valence-corrected chi connectivity index (χ1v) is 7.26. The Bertz CT molecular complexity index is 715. The second-order valence-corrected chi connectivity index (χ2v) is 5.65. The van der Waals surface area contributed by atoms with Gasteiger partial charge in [-0.3, -0.25) is 9.48 Å². The van der Waals surface area contributed by atoms with Gasteiger partial charge in [0, 0.05) is 30.9 Å². The van der Waals surface area contributed by atoms with Crippen molar-refractivity contribution in [2.75, 3.05) is 13.1 Å². The SMILES string of the molecule is O=C(c1ccc(Cn2cccn2)cc1)N1CCC(F)(C(=O)O)C1. The zero-order valence-electron chi connectivity index (χ0n) is 12.4. The van der Waals surface area contributed by atoms with Gasteiger partial charge in [0.2, 0.25) is 5.67 Å². The molecule has 0 bridgehead atoms. The number of rotatable bonds is 4. The molecule has 1 aliphatic rings. The summed E-state index contributed by atoms with van der Waals surface area (Å²) < 4.78 is 15.8. The summed E-state index contributed by atoms with van der Waals surface area (Å²) in [5.74, 6) is -1.86. The van der Waals surface area contributed by atoms with Crippen molar-refractivity contribution in [1.29, 1.82) is 0 Å². The Morgan fingerprint density at radius 2 is 2.04 bits per heavy atom. The molecule has 2 aromatic rings. The molecule has 1 aromatic carbocycles. The van der Waals surface area contributed by atoms with Crippen LogP contribution in [-0.2, 0) is 11.3 Å². The van der Waals surface area contributed by atoms with Crippen LogP contribution < -0.4 is 0 Å². The molecule has 23 heavy (non-hydrogen) atoms. The largest absolute Gasteiger partial charge is 0.479 e. The number of alkyl halides is 1. The molecule has 2 heterocycles. The predicted octanol–water partition coefficient (Wildman–Crippen LogP) is 1.57. The van der Waals surface area contributed by atoms with Crippen molar-refractivity contribution >= 4 is 11.9 Å². The summed E-state index contributed by atoms with van der Waals surface area (Å²) in [6.45, 7) is 0.296. The summed E-state index contributed by atoms with van der Waals surface area (Å²) in [5.41, 5.74) is -0.934. The van der Waals surface area contributed by atoms with E-state index >= 15 is 0 Å². The van der Waals surface area contributed by atoms with Gasteiger partial charge >= 0.3 is 5.97 Å². The maximum absolute atomic E-state index is 14.0. The van der Waals surface area contributed by atoms with Crippen molar-refractivity contribution < 1.29 is 19.1 Å². The van der Waals surface area contributed by atoms with E-state index in [0.29, 0.717) is 12.1 Å². The highest BCUT2D eigenvalue weighted by molar-refractivity contribution is 5.95. The number of aliphatic carboxylic acids is 1. The van der Waals surface area contributed by atoms with E-state index in [-0.39, 0.29) is 18.9 Å². The fourth-order valence-electron chi connectivity index (χ4n) is 2.64. The number of carboxylic acid groups (broad SMARTS) is 1. The monoisotopic (exact) mass is 317 g/mol. The molecule has 1 N–H and O–H groups in total. The second-order valence-electron chi connectivity index (χ2n) is 5.65. The molecular weight excluding hydrogens is 301 g/mol. The van der Waals surface area contributed by atoms with Gasteiger partial charge < -0.3 is 10.0 Å². The Kier molecular flexibility index (Phi) is 3.85. The molecule has 1 saturated heterocycles. The van der Waals surface area contributed by atoms with Gasteiger partial charge in [-0.25, -0.2) is 9.18 Å². The van der Waals surface area contributed by atoms with Crippen LogP contribution in [0.3, 0.4) is 0 Å². The first kappa shape index (κ1) is 15.2. The lowest BCUT2D eigenvalue weighted by atomic mass is 10.1. The maximum Gasteiger partial charge on any atom is 0.343 e. The van der Waals surface area contributed by atoms with Gasteiger partial charge in [-0.1, -0.05) is 12.1 Å². The molecule has 0 radical (unpaired) electrons. The van der Waals surface area contributed by atoms with Crippen molar-refractivity contribution in [2.45, 2.75) is 18.6 Å². The van der Waals surface area contributed by atoms with E-state index in [0.717, 1.165) is 5.56 Å². The second kappa shape index (κ2) is 5.83. The van der Waals surface area contributed by atoms with Gasteiger partial charge in [-0.2, -0.15) is 5.10 Å². The Morgan fingerprint density at radius 1 is 1.30 bits per heavy atom. The number of halogens is 1. The van der Waals surface area contributed by atoms with Gasteiger partial charge in [-0.05, 0) is 23.8 Å². The summed E-state index contributed by atoms with van der Waals surface area (Å²) in [6, 6.07) is 8.78. The molecule has 120 valence electrons. The third-order valence-corrected chi connectivity index (χ3v) is 3.99. The fraction of sp³-hybridized carbons (Fsp3) is 0.312. The highest BCUT2D eigenvalue weighted by Gasteiger charge is 2.46. The molecule has 0 spiro atoms. The molecule has 6 nitrogen and oxygen atoms in total. The number of hydrogen-bond acceptors (Lipinski definition) is 3. The molecule has 0 saturated carbocycles. The number of carboxylic acids is 1. The Morgan fingerprint density at radius 3 is 2.61 bits per heavy atom. The lowest BCUT2D eigenvalue weighted by molar-refractivity contribution is -0.149. The van der Waals surface area contributed by atoms with Crippen LogP contribution in [-0.4, -0.2) is 50.4 Å². The predicted molar refractivity (Wildman–Crippen MR) is 79.8 cm³/mol. The molecule has 1 aliphatic heterocycles. The van der Waals surface area contributed by atoms with Crippen LogP contribution in [0.25, 0.3) is 0 Å². The number of benzene rings is 1. The molecule has 1 fully saturated rings. The van der Waals surface area contributed by atoms with Crippen molar-refractivity contribution in [3.05, 3.63) is 53.9 Å². The van der Waals surface area contributed by atoms with Crippen LogP contribution >= 0.6 is 0 Å². The highest BCUT2D eigenvalue weighted by Crippen LogP contribution is 2.27. The van der Waals surface area contributed by atoms with Crippen molar-refractivity contribution in [1.82, 2.24) is 14.7 Å². The quantitative estimate of drug-likeness (QED) is 0.929. The van der Waals surface area contributed by atoms with E-state index in [9.17, 15) is 14.0 Å². The molecule has 1 amide bonds. The number of nitrogens with zero attached hydrogens (tertiary/aromatic N) is 3. The average molecular weight is 317 g/mol. The average Bonchev–Trinajstić information content (AvgIpc) is 3.18. The minimum atomic E-state index is -2.34. The first-order chi connectivity index (χ1) is 11.0. The minimum Gasteiger partial charge on any atom is -0.479 e. The smallest absolute Gasteiger partial charge is 0.343 e. The number of hydrogen-bond donors (Lipinski definition) is 1. The molecule has 1 atom stereocenters. The van der Waals surface area contributed by atoms with Gasteiger partial charge in [-0.15, -0.1) is 0 Å². The van der Waals surface area contributed by atoms with Crippen LogP contribution in [0, 0.1) is 0 Å². The van der Waals surface area contributed by atoms with E-state index in [4.69, 9.17) is 5.11 Å². The van der Waals surface area contributed by atoms with Crippen LogP contribution in [0.4, 0.5) is 4.39 Å². The zero-order valence-corrected chi connectivity index (χ0v) is 12.4. The summed E-state index contributed by atoms with van der Waals surface area (Å²) in [5, 5.41) is 13.0. The molecule has 1 unspecified atom stereocenters. The fourth-order valence-corrected chi connectivity index (χ4v) is 2.64. The van der Waals surface area contributed by atoms with E-state index in [1.807, 2.05) is 24.4 Å². The van der Waals surface area contributed by atoms with E-state index in [1.165, 1.54) is 4.90 Å². The van der Waals surface area contributed by atoms with Gasteiger partial charge in [0.25, 0.3) is 5.91 Å². The van der Waals surface area contributed by atoms with Crippen LogP contribution in [0.1, 0.15) is 22.3 Å². The molecule has 1 aromatic heterocycles. The normalized spacial score (nSPS) is 20.7. The van der Waals surface area contributed by atoms with Gasteiger partial charge in [0.05, 0.1) is 13.1 Å². The van der Waals surface area contributed by atoms with Crippen LogP contribution in [0.15, 0.2) is 42.7 Å². The molecule has 7 heteroatoms. The van der Waals surface area contributed by atoms with E-state index < -0.39 is 18.2 Å². The van der Waals surface area contributed by atoms with Crippen LogP contribution in [0.2, 0.25) is 0 Å². The van der Waals surface area contributed by atoms with Crippen molar-refractivity contribution in [3.8, 4) is 0 Å². The van der Waals surface area contributed by atoms with Crippen molar-refractivity contribution in [2.24, 2.45) is 0 Å². The standard InChI is InChI=1S/C16H16FN3O3/c17-16(15(22)23)6-9-19(11-16)14(21)13-4-2-12(3-5-13)10-20-8-1-7-18-20/h1-5,7-8H,6,9-11H2,(H,22,23).